The third kappa shape index (κ3) is 1.84. The van der Waals surface area contributed by atoms with Crippen molar-refractivity contribution in [3.8, 4) is 0 Å². The molecule has 2 aliphatic rings. The van der Waals surface area contributed by atoms with E-state index in [9.17, 15) is 4.79 Å². The number of nitrogens with one attached hydrogen (secondary N) is 1. The van der Waals surface area contributed by atoms with Crippen LogP contribution in [-0.2, 0) is 19.4 Å². The van der Waals surface area contributed by atoms with Crippen LogP contribution >= 0.6 is 35.3 Å². The fourth-order valence-corrected chi connectivity index (χ4v) is 5.47. The van der Waals surface area contributed by atoms with Crippen LogP contribution < -0.4 is 5.56 Å². The monoisotopic (exact) mass is 324 g/mol. The standard InChI is InChI=1S/C14H16N2OS3/c1-19-14(5-6-14)7-16-12(17)10-8-3-2-4-9(8)20-11(10)15-13(16)18/h2-7H2,1H3,(H,15,18). The summed E-state index contributed by atoms with van der Waals surface area (Å²) in [4.78, 5) is 18.5. The lowest BCUT2D eigenvalue weighted by Crippen LogP contribution is -2.27. The van der Waals surface area contributed by atoms with Gasteiger partial charge in [-0.05, 0) is 56.1 Å². The predicted molar refractivity (Wildman–Crippen MR) is 88.8 cm³/mol. The van der Waals surface area contributed by atoms with E-state index in [-0.39, 0.29) is 10.3 Å². The van der Waals surface area contributed by atoms with E-state index in [1.54, 1.807) is 15.9 Å². The van der Waals surface area contributed by atoms with Crippen molar-refractivity contribution in [3.05, 3.63) is 25.6 Å². The number of nitrogens with zero attached hydrogens (tertiary/aromatic N) is 1. The zero-order valence-corrected chi connectivity index (χ0v) is 13.8. The molecule has 2 aromatic heterocycles. The van der Waals surface area contributed by atoms with E-state index in [0.29, 0.717) is 4.77 Å². The molecule has 2 aliphatic carbocycles. The lowest BCUT2D eigenvalue weighted by atomic mass is 10.2. The Morgan fingerprint density at radius 3 is 2.95 bits per heavy atom. The van der Waals surface area contributed by atoms with Crippen molar-refractivity contribution in [2.75, 3.05) is 6.26 Å². The van der Waals surface area contributed by atoms with Crippen LogP contribution in [0.25, 0.3) is 10.2 Å². The Morgan fingerprint density at radius 2 is 2.25 bits per heavy atom. The Morgan fingerprint density at radius 1 is 1.45 bits per heavy atom. The van der Waals surface area contributed by atoms with Crippen molar-refractivity contribution in [1.82, 2.24) is 9.55 Å². The number of aryl methyl sites for hydroxylation is 2. The minimum absolute atomic E-state index is 0.128. The van der Waals surface area contributed by atoms with Crippen molar-refractivity contribution in [2.24, 2.45) is 0 Å². The third-order valence-electron chi connectivity index (χ3n) is 4.53. The van der Waals surface area contributed by atoms with Crippen LogP contribution in [0.15, 0.2) is 4.79 Å². The van der Waals surface area contributed by atoms with Gasteiger partial charge in [0.2, 0.25) is 0 Å². The Kier molecular flexibility index (Phi) is 2.91. The zero-order chi connectivity index (χ0) is 13.9. The lowest BCUT2D eigenvalue weighted by Gasteiger charge is -2.14. The summed E-state index contributed by atoms with van der Waals surface area (Å²) in [6, 6.07) is 0. The number of thiophene rings is 1. The number of aromatic nitrogens is 2. The lowest BCUT2D eigenvalue weighted by molar-refractivity contribution is 0.623. The van der Waals surface area contributed by atoms with Crippen LogP contribution in [0.5, 0.6) is 0 Å². The first-order chi connectivity index (χ1) is 9.63. The molecule has 2 heterocycles. The Labute approximate surface area is 130 Å². The summed E-state index contributed by atoms with van der Waals surface area (Å²) in [7, 11) is 0. The summed E-state index contributed by atoms with van der Waals surface area (Å²) in [6.45, 7) is 0.753. The van der Waals surface area contributed by atoms with E-state index >= 15 is 0 Å². The summed E-state index contributed by atoms with van der Waals surface area (Å²) < 4.78 is 2.63. The molecule has 0 aromatic carbocycles. The van der Waals surface area contributed by atoms with Gasteiger partial charge >= 0.3 is 0 Å². The number of hydrogen-bond acceptors (Lipinski definition) is 4. The number of rotatable bonds is 3. The minimum atomic E-state index is 0.128. The van der Waals surface area contributed by atoms with Crippen LogP contribution in [-0.4, -0.2) is 20.6 Å². The first kappa shape index (κ1) is 13.1. The summed E-state index contributed by atoms with van der Waals surface area (Å²) in [5, 5.41) is 0.910. The van der Waals surface area contributed by atoms with E-state index in [1.165, 1.54) is 29.7 Å². The van der Waals surface area contributed by atoms with Gasteiger partial charge < -0.3 is 4.98 Å². The van der Waals surface area contributed by atoms with Gasteiger partial charge in [-0.15, -0.1) is 11.3 Å². The largest absolute Gasteiger partial charge is 0.323 e. The van der Waals surface area contributed by atoms with Crippen molar-refractivity contribution in [1.29, 1.82) is 0 Å². The molecule has 3 nitrogen and oxygen atoms in total. The second-order valence-corrected chi connectivity index (χ2v) is 8.54. The van der Waals surface area contributed by atoms with E-state index in [2.05, 4.69) is 11.2 Å². The van der Waals surface area contributed by atoms with Crippen LogP contribution in [0.3, 0.4) is 0 Å². The minimum Gasteiger partial charge on any atom is -0.323 e. The van der Waals surface area contributed by atoms with Gasteiger partial charge in [0.15, 0.2) is 4.77 Å². The van der Waals surface area contributed by atoms with Crippen molar-refractivity contribution in [3.63, 3.8) is 0 Å². The third-order valence-corrected chi connectivity index (χ3v) is 7.47. The van der Waals surface area contributed by atoms with Crippen LogP contribution in [0.1, 0.15) is 29.7 Å². The highest BCUT2D eigenvalue weighted by Crippen LogP contribution is 2.48. The average Bonchev–Trinajstić information content (AvgIpc) is 2.92. The van der Waals surface area contributed by atoms with E-state index < -0.39 is 0 Å². The van der Waals surface area contributed by atoms with E-state index in [0.717, 1.165) is 29.6 Å². The maximum atomic E-state index is 12.9. The zero-order valence-electron chi connectivity index (χ0n) is 11.3. The van der Waals surface area contributed by atoms with E-state index in [4.69, 9.17) is 12.2 Å². The number of thioether (sulfide) groups is 1. The first-order valence-corrected chi connectivity index (χ1v) is 9.41. The Hall–Kier alpha value is -0.590. The van der Waals surface area contributed by atoms with Crippen molar-refractivity contribution in [2.45, 2.75) is 43.4 Å². The van der Waals surface area contributed by atoms with Gasteiger partial charge in [0.1, 0.15) is 4.83 Å². The highest BCUT2D eigenvalue weighted by atomic mass is 32.2. The average molecular weight is 324 g/mol. The molecule has 1 fully saturated rings. The smallest absolute Gasteiger partial charge is 0.263 e. The normalized spacial score (nSPS) is 19.4. The molecule has 2 aromatic rings. The van der Waals surface area contributed by atoms with Gasteiger partial charge in [-0.3, -0.25) is 9.36 Å². The topological polar surface area (TPSA) is 37.8 Å². The summed E-state index contributed by atoms with van der Waals surface area (Å²) in [5.41, 5.74) is 1.41. The van der Waals surface area contributed by atoms with Gasteiger partial charge in [0.05, 0.1) is 5.39 Å². The van der Waals surface area contributed by atoms with E-state index in [1.807, 2.05) is 11.8 Å². The van der Waals surface area contributed by atoms with Crippen molar-refractivity contribution < 1.29 is 0 Å². The predicted octanol–water partition coefficient (Wildman–Crippen LogP) is 3.50. The molecule has 0 amide bonds. The maximum Gasteiger partial charge on any atom is 0.263 e. The SMILES string of the molecule is CSC1(Cn2c(=S)[nH]c3sc4c(c3c2=O)CCC4)CC1. The number of aromatic amines is 1. The highest BCUT2D eigenvalue weighted by Gasteiger charge is 2.42. The molecule has 0 bridgehead atoms. The van der Waals surface area contributed by atoms with Crippen LogP contribution in [0.4, 0.5) is 0 Å². The summed E-state index contributed by atoms with van der Waals surface area (Å²) >= 11 is 9.01. The number of hydrogen-bond donors (Lipinski definition) is 1. The molecule has 1 saturated carbocycles. The van der Waals surface area contributed by atoms with Gasteiger partial charge in [-0.2, -0.15) is 11.8 Å². The molecule has 0 atom stereocenters. The molecule has 20 heavy (non-hydrogen) atoms. The summed E-state index contributed by atoms with van der Waals surface area (Å²) in [5.74, 6) is 0. The highest BCUT2D eigenvalue weighted by molar-refractivity contribution is 8.00. The molecule has 106 valence electrons. The maximum absolute atomic E-state index is 12.9. The van der Waals surface area contributed by atoms with Crippen molar-refractivity contribution >= 4 is 45.5 Å². The summed E-state index contributed by atoms with van der Waals surface area (Å²) in [6.07, 6.45) is 7.85. The van der Waals surface area contributed by atoms with Gasteiger partial charge in [-0.1, -0.05) is 0 Å². The number of fused-ring (bicyclic) bond motifs is 3. The fourth-order valence-electron chi connectivity index (χ4n) is 3.11. The second kappa shape index (κ2) is 4.45. The molecule has 6 heteroatoms. The molecule has 0 radical (unpaired) electrons. The first-order valence-electron chi connectivity index (χ1n) is 6.96. The molecule has 0 unspecified atom stereocenters. The van der Waals surface area contributed by atoms with Gasteiger partial charge in [0, 0.05) is 16.2 Å². The molecule has 0 aliphatic heterocycles. The molecule has 1 N–H and O–H groups in total. The molecular formula is C14H16N2OS3. The number of H-pyrrole nitrogens is 1. The van der Waals surface area contributed by atoms with Gasteiger partial charge in [0.25, 0.3) is 5.56 Å². The van der Waals surface area contributed by atoms with Crippen LogP contribution in [0.2, 0.25) is 0 Å². The quantitative estimate of drug-likeness (QED) is 0.878. The second-order valence-electron chi connectivity index (χ2n) is 5.77. The molecule has 0 saturated heterocycles. The molecule has 4 rings (SSSR count). The van der Waals surface area contributed by atoms with Gasteiger partial charge in [-0.25, -0.2) is 0 Å². The molecular weight excluding hydrogens is 308 g/mol. The Balaban J connectivity index is 1.93. The molecule has 0 spiro atoms. The fraction of sp³-hybridized carbons (Fsp3) is 0.571. The van der Waals surface area contributed by atoms with Crippen LogP contribution in [0, 0.1) is 4.77 Å². The Bertz CT molecular complexity index is 810.